The van der Waals surface area contributed by atoms with E-state index < -0.39 is 15.6 Å². The molecule has 4 nitrogen and oxygen atoms in total. The third-order valence-corrected chi connectivity index (χ3v) is 5.77. The van der Waals surface area contributed by atoms with Crippen LogP contribution in [0, 0.1) is 0 Å². The monoisotopic (exact) mass is 453 g/mol. The largest absolute Gasteiger partial charge is 0.489 e. The molecule has 0 aliphatic rings. The topological polar surface area (TPSA) is 46.6 Å². The van der Waals surface area contributed by atoms with E-state index in [1.165, 1.54) is 4.31 Å². The molecule has 0 atom stereocenters. The third kappa shape index (κ3) is 12.6. The molecule has 2 aromatic rings. The van der Waals surface area contributed by atoms with Gasteiger partial charge >= 0.3 is 0 Å². The van der Waals surface area contributed by atoms with Gasteiger partial charge in [0.25, 0.3) is 0 Å². The Morgan fingerprint density at radius 2 is 1.26 bits per heavy atom. The lowest BCUT2D eigenvalue weighted by Crippen LogP contribution is -2.42. The summed E-state index contributed by atoms with van der Waals surface area (Å²) in [7, 11) is -1.92. The average Bonchev–Trinajstić information content (AvgIpc) is 2.82. The molecule has 0 heterocycles. The van der Waals surface area contributed by atoms with Gasteiger partial charge in [0, 0.05) is 12.6 Å². The van der Waals surface area contributed by atoms with E-state index in [1.54, 1.807) is 25.2 Å². The molecule has 0 amide bonds. The van der Waals surface area contributed by atoms with E-state index in [2.05, 4.69) is 0 Å². The number of para-hydroxylation sites is 1. The Kier molecular flexibility index (Phi) is 20.6. The minimum atomic E-state index is -3.52. The van der Waals surface area contributed by atoms with Gasteiger partial charge in [-0.2, -0.15) is 4.31 Å². The predicted octanol–water partition coefficient (Wildman–Crippen LogP) is 7.79. The van der Waals surface area contributed by atoms with Gasteiger partial charge in [0.2, 0.25) is 10.0 Å². The molecule has 0 saturated heterocycles. The normalized spacial score (nSPS) is 9.97. The third-order valence-electron chi connectivity index (χ3n) is 3.65. The highest BCUT2D eigenvalue weighted by Gasteiger charge is 2.30. The summed E-state index contributed by atoms with van der Waals surface area (Å²) in [5.41, 5.74) is 0.340. The number of hydrogen-bond acceptors (Lipinski definition) is 3. The zero-order valence-corrected chi connectivity index (χ0v) is 22.8. The minimum absolute atomic E-state index is 0.282. The molecule has 0 bridgehead atoms. The van der Waals surface area contributed by atoms with Crippen molar-refractivity contribution in [2.24, 2.45) is 0 Å². The number of benzene rings is 2. The van der Waals surface area contributed by atoms with Crippen LogP contribution in [-0.4, -0.2) is 25.3 Å². The molecule has 0 spiro atoms. The van der Waals surface area contributed by atoms with Crippen LogP contribution in [0.3, 0.4) is 0 Å². The molecule has 0 radical (unpaired) electrons. The van der Waals surface area contributed by atoms with Crippen LogP contribution < -0.4 is 4.74 Å². The van der Waals surface area contributed by atoms with Gasteiger partial charge in [-0.25, -0.2) is 8.42 Å². The highest BCUT2D eigenvalue weighted by Crippen LogP contribution is 2.23. The Hall–Kier alpha value is -1.85. The highest BCUT2D eigenvalue weighted by atomic mass is 32.2. The van der Waals surface area contributed by atoms with Crippen molar-refractivity contribution in [3.8, 4) is 5.75 Å². The van der Waals surface area contributed by atoms with Gasteiger partial charge in [0.05, 0.1) is 4.90 Å². The van der Waals surface area contributed by atoms with Crippen LogP contribution in [0.5, 0.6) is 5.75 Å². The summed E-state index contributed by atoms with van der Waals surface area (Å²) < 4.78 is 32.4. The zero-order valence-electron chi connectivity index (χ0n) is 22.0. The lowest BCUT2D eigenvalue weighted by Gasteiger charge is -2.31. The smallest absolute Gasteiger partial charge is 0.243 e. The van der Waals surface area contributed by atoms with Crippen molar-refractivity contribution in [3.63, 3.8) is 0 Å². The molecule has 2 aromatic carbocycles. The molecule has 0 N–H and O–H groups in total. The molecule has 0 saturated carbocycles. The fourth-order valence-corrected chi connectivity index (χ4v) is 3.59. The number of nitrogens with zero attached hydrogens (tertiary/aromatic N) is 1. The van der Waals surface area contributed by atoms with Crippen LogP contribution in [0.15, 0.2) is 59.5 Å². The first kappa shape index (κ1) is 33.8. The second-order valence-corrected chi connectivity index (χ2v) is 8.36. The molecular weight excluding hydrogens is 406 g/mol. The molecule has 0 aliphatic heterocycles. The van der Waals surface area contributed by atoms with Crippen molar-refractivity contribution in [1.29, 1.82) is 0 Å². The van der Waals surface area contributed by atoms with Gasteiger partial charge in [0.1, 0.15) is 12.4 Å². The second-order valence-electron chi connectivity index (χ2n) is 6.39. The lowest BCUT2D eigenvalue weighted by atomic mass is 10.1. The molecule has 180 valence electrons. The van der Waals surface area contributed by atoms with Crippen LogP contribution in [0.2, 0.25) is 0 Å². The van der Waals surface area contributed by atoms with Crippen LogP contribution in [0.4, 0.5) is 0 Å². The summed E-state index contributed by atoms with van der Waals surface area (Å²) in [5.74, 6) is 0.757. The first-order chi connectivity index (χ1) is 14.7. The zero-order chi connectivity index (χ0) is 25.1. The van der Waals surface area contributed by atoms with Crippen LogP contribution >= 0.6 is 0 Å². The van der Waals surface area contributed by atoms with Crippen LogP contribution in [0.1, 0.15) is 81.7 Å². The molecule has 0 aliphatic carbocycles. The SMILES string of the molecule is CC.CC.CC.CC.CN(C(C)(C)C)S(=O)(=O)c1cccc(COc2ccccc2)c1. The summed E-state index contributed by atoms with van der Waals surface area (Å²) >= 11 is 0. The molecule has 31 heavy (non-hydrogen) atoms. The summed E-state index contributed by atoms with van der Waals surface area (Å²) in [4.78, 5) is 0.282. The maximum absolute atomic E-state index is 12.7. The van der Waals surface area contributed by atoms with E-state index in [0.717, 1.165) is 11.3 Å². The number of hydrogen-bond donors (Lipinski definition) is 0. The predicted molar refractivity (Wildman–Crippen MR) is 137 cm³/mol. The van der Waals surface area contributed by atoms with Crippen molar-refractivity contribution < 1.29 is 13.2 Å². The number of sulfonamides is 1. The average molecular weight is 454 g/mol. The first-order valence-electron chi connectivity index (χ1n) is 11.5. The minimum Gasteiger partial charge on any atom is -0.489 e. The van der Waals surface area contributed by atoms with E-state index in [9.17, 15) is 8.42 Å². The van der Waals surface area contributed by atoms with E-state index in [0.29, 0.717) is 6.61 Å². The quantitative estimate of drug-likeness (QED) is 0.464. The summed E-state index contributed by atoms with van der Waals surface area (Å²) in [6, 6.07) is 16.3. The van der Waals surface area contributed by atoms with Gasteiger partial charge in [-0.05, 0) is 50.6 Å². The molecule has 2 rings (SSSR count). The van der Waals surface area contributed by atoms with E-state index >= 15 is 0 Å². The Morgan fingerprint density at radius 3 is 1.71 bits per heavy atom. The Bertz CT molecular complexity index is 752. The molecular formula is C26H47NO3S. The van der Waals surface area contributed by atoms with E-state index in [-0.39, 0.29) is 4.90 Å². The van der Waals surface area contributed by atoms with E-state index in [4.69, 9.17) is 4.74 Å². The van der Waals surface area contributed by atoms with E-state index in [1.807, 2.05) is 113 Å². The van der Waals surface area contributed by atoms with Crippen molar-refractivity contribution >= 4 is 10.0 Å². The first-order valence-corrected chi connectivity index (χ1v) is 12.9. The molecule has 0 aromatic heterocycles. The number of rotatable bonds is 5. The fourth-order valence-electron chi connectivity index (χ4n) is 2.00. The van der Waals surface area contributed by atoms with Crippen molar-refractivity contribution in [2.75, 3.05) is 7.05 Å². The van der Waals surface area contributed by atoms with Crippen molar-refractivity contribution in [1.82, 2.24) is 4.31 Å². The summed E-state index contributed by atoms with van der Waals surface area (Å²) in [5, 5.41) is 0. The summed E-state index contributed by atoms with van der Waals surface area (Å²) in [6.45, 7) is 21.9. The summed E-state index contributed by atoms with van der Waals surface area (Å²) in [6.07, 6.45) is 0. The van der Waals surface area contributed by atoms with Gasteiger partial charge in [0.15, 0.2) is 0 Å². The van der Waals surface area contributed by atoms with Crippen LogP contribution in [-0.2, 0) is 16.6 Å². The molecule has 0 fully saturated rings. The standard InChI is InChI=1S/C18H23NO3S.4C2H6/c1-18(2,3)19(4)23(20,21)17-12-8-9-15(13-17)14-22-16-10-6-5-7-11-16;4*1-2/h5-13H,14H2,1-4H3;4*1-2H3. The molecule has 5 heteroatoms. The Balaban J connectivity index is -0.000000879. The van der Waals surface area contributed by atoms with Gasteiger partial charge in [-0.1, -0.05) is 85.7 Å². The number of ether oxygens (including phenoxy) is 1. The lowest BCUT2D eigenvalue weighted by molar-refractivity contribution is 0.291. The highest BCUT2D eigenvalue weighted by molar-refractivity contribution is 7.89. The van der Waals surface area contributed by atoms with Crippen molar-refractivity contribution in [3.05, 3.63) is 60.2 Å². The Morgan fingerprint density at radius 1 is 0.774 bits per heavy atom. The molecule has 0 unspecified atom stereocenters. The fraction of sp³-hybridized carbons (Fsp3) is 0.538. The maximum Gasteiger partial charge on any atom is 0.243 e. The van der Waals surface area contributed by atoms with Gasteiger partial charge < -0.3 is 4.74 Å². The van der Waals surface area contributed by atoms with Crippen LogP contribution in [0.25, 0.3) is 0 Å². The maximum atomic E-state index is 12.7. The Labute approximate surface area is 193 Å². The van der Waals surface area contributed by atoms with Gasteiger partial charge in [-0.15, -0.1) is 0 Å². The van der Waals surface area contributed by atoms with Gasteiger partial charge in [-0.3, -0.25) is 0 Å². The van der Waals surface area contributed by atoms with Crippen molar-refractivity contribution in [2.45, 2.75) is 93.2 Å². The second kappa shape index (κ2) is 18.9.